The molecule has 0 atom stereocenters. The van der Waals surface area contributed by atoms with Gasteiger partial charge in [-0.3, -0.25) is 4.79 Å². The van der Waals surface area contributed by atoms with Crippen LogP contribution < -0.4 is 0 Å². The first-order chi connectivity index (χ1) is 13.4. The predicted octanol–water partition coefficient (Wildman–Crippen LogP) is 3.61. The molecule has 0 saturated heterocycles. The van der Waals surface area contributed by atoms with Gasteiger partial charge < -0.3 is 5.11 Å². The summed E-state index contributed by atoms with van der Waals surface area (Å²) >= 11 is 0. The molecule has 0 spiro atoms. The van der Waals surface area contributed by atoms with Crippen LogP contribution in [0.15, 0.2) is 35.9 Å². The summed E-state index contributed by atoms with van der Waals surface area (Å²) in [4.78, 5) is 17.0. The van der Waals surface area contributed by atoms with E-state index in [9.17, 15) is 9.90 Å². The zero-order valence-electron chi connectivity index (χ0n) is 15.2. The number of aromatic nitrogens is 4. The van der Waals surface area contributed by atoms with Gasteiger partial charge in [-0.25, -0.2) is 4.85 Å². The van der Waals surface area contributed by atoms with Crippen LogP contribution in [0.2, 0.25) is 0 Å². The van der Waals surface area contributed by atoms with Crippen molar-refractivity contribution >= 4 is 17.0 Å². The molecule has 0 unspecified atom stereocenters. The number of fused-ring (bicyclic) bond motifs is 3. The third-order valence-corrected chi connectivity index (χ3v) is 5.78. The second kappa shape index (κ2) is 5.36. The Kier molecular flexibility index (Phi) is 3.14. The molecule has 3 aromatic rings. The lowest BCUT2D eigenvalue weighted by Crippen LogP contribution is -2.29. The molecule has 0 fully saturated rings. The minimum absolute atomic E-state index is 0.0101. The largest absolute Gasteiger partial charge is 0.507 e. The molecular formula is C21H15N5O2. The number of phenolic OH excluding ortho intramolecular Hbond substituents is 1. The minimum Gasteiger partial charge on any atom is -0.507 e. The number of benzene rings is 2. The third-order valence-electron chi connectivity index (χ3n) is 5.78. The molecule has 2 N–H and O–H groups in total. The number of carbonyl (C=O) groups is 1. The lowest BCUT2D eigenvalue weighted by Gasteiger charge is -2.34. The summed E-state index contributed by atoms with van der Waals surface area (Å²) in [5.74, 6) is 0.165. The number of aromatic hydroxyl groups is 1. The van der Waals surface area contributed by atoms with Crippen molar-refractivity contribution in [2.75, 3.05) is 0 Å². The number of ketones is 1. The van der Waals surface area contributed by atoms with Crippen LogP contribution in [0, 0.1) is 6.57 Å². The van der Waals surface area contributed by atoms with Crippen molar-refractivity contribution in [3.8, 4) is 17.1 Å². The van der Waals surface area contributed by atoms with Crippen LogP contribution in [-0.2, 0) is 11.8 Å². The van der Waals surface area contributed by atoms with Crippen LogP contribution in [0.25, 0.3) is 21.8 Å². The van der Waals surface area contributed by atoms with E-state index in [1.54, 1.807) is 18.2 Å². The lowest BCUT2D eigenvalue weighted by molar-refractivity contribution is 0.105. The molecule has 0 amide bonds. The third kappa shape index (κ3) is 2.03. The number of phenols is 1. The molecule has 2 aliphatic carbocycles. The van der Waals surface area contributed by atoms with Crippen LogP contribution in [0.4, 0.5) is 5.69 Å². The number of aromatic amines is 1. The van der Waals surface area contributed by atoms with Crippen molar-refractivity contribution in [3.05, 3.63) is 69.6 Å². The van der Waals surface area contributed by atoms with Crippen LogP contribution in [0.1, 0.15) is 40.9 Å². The Morgan fingerprint density at radius 2 is 2.00 bits per heavy atom. The Bertz CT molecular complexity index is 1250. The molecule has 0 aliphatic heterocycles. The smallest absolute Gasteiger partial charge is 0.208 e. The fraction of sp³-hybridized carbons (Fsp3) is 0.190. The van der Waals surface area contributed by atoms with Crippen LogP contribution in [0.5, 0.6) is 5.75 Å². The van der Waals surface area contributed by atoms with Crippen molar-refractivity contribution in [2.45, 2.75) is 25.7 Å². The second-order valence-electron chi connectivity index (χ2n) is 7.59. The SMILES string of the molecule is [C-]#[N+]c1ccc2c(c1)CC1=C2C(=O)c2cc(-c3nn[nH]n3)c(O)cc2C1(C)C. The van der Waals surface area contributed by atoms with Gasteiger partial charge in [0.05, 0.1) is 12.1 Å². The van der Waals surface area contributed by atoms with Gasteiger partial charge in [0.1, 0.15) is 5.75 Å². The maximum Gasteiger partial charge on any atom is 0.208 e. The highest BCUT2D eigenvalue weighted by Crippen LogP contribution is 2.51. The highest BCUT2D eigenvalue weighted by atomic mass is 16.3. The fourth-order valence-corrected chi connectivity index (χ4v) is 4.32. The highest BCUT2D eigenvalue weighted by Gasteiger charge is 2.43. The number of hydrogen-bond donors (Lipinski definition) is 2. The first-order valence-corrected chi connectivity index (χ1v) is 8.82. The van der Waals surface area contributed by atoms with Gasteiger partial charge in [0.2, 0.25) is 5.82 Å². The summed E-state index contributed by atoms with van der Waals surface area (Å²) in [6, 6.07) is 8.76. The van der Waals surface area contributed by atoms with Crippen LogP contribution in [0.3, 0.4) is 0 Å². The second-order valence-corrected chi connectivity index (χ2v) is 7.59. The van der Waals surface area contributed by atoms with Gasteiger partial charge in [-0.2, -0.15) is 5.21 Å². The van der Waals surface area contributed by atoms with E-state index in [1.165, 1.54) is 0 Å². The number of nitrogens with one attached hydrogen (secondary N) is 1. The summed E-state index contributed by atoms with van der Waals surface area (Å²) in [5, 5.41) is 24.3. The Morgan fingerprint density at radius 1 is 1.18 bits per heavy atom. The summed E-state index contributed by atoms with van der Waals surface area (Å²) in [6.07, 6.45) is 0.625. The Morgan fingerprint density at radius 3 is 2.71 bits per heavy atom. The normalized spacial score (nSPS) is 16.4. The molecule has 0 bridgehead atoms. The lowest BCUT2D eigenvalue weighted by atomic mass is 9.68. The fourth-order valence-electron chi connectivity index (χ4n) is 4.32. The zero-order valence-corrected chi connectivity index (χ0v) is 15.2. The average molecular weight is 369 g/mol. The number of tetrazole rings is 1. The van der Waals surface area contributed by atoms with Gasteiger partial charge in [-0.1, -0.05) is 32.0 Å². The highest BCUT2D eigenvalue weighted by molar-refractivity contribution is 6.33. The number of Topliss-reactive ketones (excluding diaryl/α,β-unsaturated/α-hetero) is 1. The predicted molar refractivity (Wildman–Crippen MR) is 102 cm³/mol. The Balaban J connectivity index is 1.73. The monoisotopic (exact) mass is 369 g/mol. The van der Waals surface area contributed by atoms with Gasteiger partial charge in [0.15, 0.2) is 11.5 Å². The first kappa shape index (κ1) is 16.4. The topological polar surface area (TPSA) is 96.1 Å². The molecule has 0 radical (unpaired) electrons. The van der Waals surface area contributed by atoms with Crippen LogP contribution >= 0.6 is 0 Å². The Labute approximate surface area is 160 Å². The molecule has 5 rings (SSSR count). The molecule has 0 saturated carbocycles. The molecule has 2 aliphatic rings. The van der Waals surface area contributed by atoms with Gasteiger partial charge in [-0.05, 0) is 46.0 Å². The summed E-state index contributed by atoms with van der Waals surface area (Å²) in [7, 11) is 0. The summed E-state index contributed by atoms with van der Waals surface area (Å²) in [6.45, 7) is 11.4. The first-order valence-electron chi connectivity index (χ1n) is 8.82. The van der Waals surface area contributed by atoms with E-state index in [4.69, 9.17) is 6.57 Å². The summed E-state index contributed by atoms with van der Waals surface area (Å²) < 4.78 is 0. The van der Waals surface area contributed by atoms with E-state index < -0.39 is 5.41 Å². The van der Waals surface area contributed by atoms with Gasteiger partial charge in [-0.15, -0.1) is 10.2 Å². The van der Waals surface area contributed by atoms with Gasteiger partial charge >= 0.3 is 0 Å². The van der Waals surface area contributed by atoms with Crippen molar-refractivity contribution in [1.82, 2.24) is 20.6 Å². The van der Waals surface area contributed by atoms with E-state index >= 15 is 0 Å². The number of allylic oxidation sites excluding steroid dienone is 2. The number of rotatable bonds is 1. The zero-order chi connectivity index (χ0) is 19.6. The average Bonchev–Trinajstić information content (AvgIpc) is 3.34. The van der Waals surface area contributed by atoms with Crippen molar-refractivity contribution < 1.29 is 9.90 Å². The molecule has 2 aromatic carbocycles. The quantitative estimate of drug-likeness (QED) is 0.639. The van der Waals surface area contributed by atoms with Crippen molar-refractivity contribution in [3.63, 3.8) is 0 Å². The number of H-pyrrole nitrogens is 1. The maximum absolute atomic E-state index is 13.5. The standard InChI is InChI=1S/C21H15N5O2/c1-21(2)15-9-17(27)14(20-23-25-26-24-20)8-13(15)19(28)18-12-5-4-11(22-3)6-10(12)7-16(18)21/h4-6,8-9,27H,7H2,1-2H3,(H,23,24,25,26). The van der Waals surface area contributed by atoms with Gasteiger partial charge in [0, 0.05) is 16.6 Å². The molecule has 28 heavy (non-hydrogen) atoms. The van der Waals surface area contributed by atoms with E-state index in [1.807, 2.05) is 12.1 Å². The molecule has 136 valence electrons. The van der Waals surface area contributed by atoms with Crippen LogP contribution in [-0.4, -0.2) is 31.5 Å². The maximum atomic E-state index is 13.5. The molecule has 7 heteroatoms. The number of nitrogens with zero attached hydrogens (tertiary/aromatic N) is 4. The molecule has 1 heterocycles. The van der Waals surface area contributed by atoms with E-state index in [-0.39, 0.29) is 17.4 Å². The number of hydrogen-bond acceptors (Lipinski definition) is 5. The van der Waals surface area contributed by atoms with E-state index in [0.717, 1.165) is 22.3 Å². The molecular weight excluding hydrogens is 354 g/mol. The number of carbonyl (C=O) groups excluding carboxylic acids is 1. The van der Waals surface area contributed by atoms with E-state index in [0.29, 0.717) is 28.8 Å². The van der Waals surface area contributed by atoms with E-state index in [2.05, 4.69) is 39.3 Å². The van der Waals surface area contributed by atoms with Crippen molar-refractivity contribution in [2.24, 2.45) is 0 Å². The minimum atomic E-state index is -0.441. The summed E-state index contributed by atoms with van der Waals surface area (Å²) in [5.41, 5.74) is 5.41. The Hall–Kier alpha value is -3.79. The van der Waals surface area contributed by atoms with Crippen molar-refractivity contribution in [1.29, 1.82) is 0 Å². The van der Waals surface area contributed by atoms with Gasteiger partial charge in [0.25, 0.3) is 0 Å². The molecule has 7 nitrogen and oxygen atoms in total. The molecule has 1 aromatic heterocycles.